The Kier molecular flexibility index (Phi) is 7.60. The fourth-order valence-electron chi connectivity index (χ4n) is 12.6. The maximum atomic E-state index is 6.73. The molecule has 0 radical (unpaired) electrons. The second-order valence-corrected chi connectivity index (χ2v) is 19.3. The van der Waals surface area contributed by atoms with Gasteiger partial charge in [-0.15, -0.1) is 0 Å². The standard InChI is InChI=1S/C64H39NOS/c1-2-17-44-40(16-1)32-33-41-38-42(34-36-45(41)44)65(43-35-37-51-48(39-43)46-18-3-5-20-49(46)63(51)54-24-9-13-30-60(54)67-61-31-14-10-25-55(61)63)57-27-15-26-56-62(57)47-19-4-6-21-50(47)64(56)52-22-7-11-28-58(52)66-59-29-12-8-23-53(59)64/h1-39H. The highest BCUT2D eigenvalue weighted by Gasteiger charge is 2.53. The topological polar surface area (TPSA) is 12.5 Å². The summed E-state index contributed by atoms with van der Waals surface area (Å²) in [4.78, 5) is 5.15. The van der Waals surface area contributed by atoms with E-state index in [2.05, 4.69) is 241 Å². The zero-order valence-corrected chi connectivity index (χ0v) is 37.1. The Morgan fingerprint density at radius 1 is 0.328 bits per heavy atom. The van der Waals surface area contributed by atoms with Gasteiger partial charge in [-0.25, -0.2) is 0 Å². The number of anilines is 3. The molecule has 15 rings (SSSR count). The molecule has 4 aliphatic rings. The van der Waals surface area contributed by atoms with Crippen molar-refractivity contribution in [2.75, 3.05) is 4.90 Å². The molecule has 312 valence electrons. The van der Waals surface area contributed by atoms with Gasteiger partial charge in [-0.2, -0.15) is 0 Å². The van der Waals surface area contributed by atoms with Crippen LogP contribution >= 0.6 is 11.8 Å². The van der Waals surface area contributed by atoms with Gasteiger partial charge in [0.1, 0.15) is 11.5 Å². The SMILES string of the molecule is c1ccc2c(c1)Oc1ccccc1C21c2ccccc2-c2c(N(c3ccc4c(c3)-c3ccccc3C43c4ccccc4Sc4ccccc43)c3ccc4c(ccc5ccccc54)c3)cccc21. The summed E-state index contributed by atoms with van der Waals surface area (Å²) in [6.45, 7) is 0. The van der Waals surface area contributed by atoms with Crippen LogP contribution in [0.3, 0.4) is 0 Å². The molecule has 0 N–H and O–H groups in total. The first-order valence-electron chi connectivity index (χ1n) is 23.2. The molecule has 0 fully saturated rings. The summed E-state index contributed by atoms with van der Waals surface area (Å²) < 4.78 is 6.73. The summed E-state index contributed by atoms with van der Waals surface area (Å²) in [7, 11) is 0. The van der Waals surface area contributed by atoms with Crippen molar-refractivity contribution < 1.29 is 4.74 Å². The predicted octanol–water partition coefficient (Wildman–Crippen LogP) is 16.8. The third kappa shape index (κ3) is 4.81. The largest absolute Gasteiger partial charge is 0.457 e. The van der Waals surface area contributed by atoms with E-state index < -0.39 is 10.8 Å². The molecule has 0 amide bonds. The molecule has 2 aliphatic heterocycles. The molecule has 11 aromatic carbocycles. The van der Waals surface area contributed by atoms with Gasteiger partial charge in [0.15, 0.2) is 0 Å². The lowest BCUT2D eigenvalue weighted by molar-refractivity contribution is 0.436. The van der Waals surface area contributed by atoms with Crippen LogP contribution in [0.1, 0.15) is 44.5 Å². The molecule has 0 unspecified atom stereocenters. The predicted molar refractivity (Wildman–Crippen MR) is 275 cm³/mol. The number of hydrogen-bond donors (Lipinski definition) is 0. The molecule has 2 aliphatic carbocycles. The van der Waals surface area contributed by atoms with Crippen molar-refractivity contribution in [3.63, 3.8) is 0 Å². The van der Waals surface area contributed by atoms with Gasteiger partial charge < -0.3 is 9.64 Å². The van der Waals surface area contributed by atoms with Gasteiger partial charge in [-0.1, -0.05) is 194 Å². The van der Waals surface area contributed by atoms with Crippen LogP contribution in [0.2, 0.25) is 0 Å². The van der Waals surface area contributed by atoms with E-state index in [9.17, 15) is 0 Å². The van der Waals surface area contributed by atoms with Crippen LogP contribution in [0.15, 0.2) is 246 Å². The van der Waals surface area contributed by atoms with Crippen molar-refractivity contribution in [3.8, 4) is 33.8 Å². The lowest BCUT2D eigenvalue weighted by Crippen LogP contribution is -2.32. The first-order valence-corrected chi connectivity index (χ1v) is 24.0. The average molecular weight is 870 g/mol. The molecule has 67 heavy (non-hydrogen) atoms. The van der Waals surface area contributed by atoms with E-state index in [-0.39, 0.29) is 0 Å². The molecule has 0 saturated carbocycles. The number of rotatable bonds is 3. The maximum absolute atomic E-state index is 6.73. The minimum absolute atomic E-state index is 0.457. The molecule has 2 spiro atoms. The van der Waals surface area contributed by atoms with E-state index in [4.69, 9.17) is 4.74 Å². The Labute approximate surface area is 393 Å². The van der Waals surface area contributed by atoms with Crippen molar-refractivity contribution in [1.82, 2.24) is 0 Å². The Bertz CT molecular complexity index is 3830. The van der Waals surface area contributed by atoms with Gasteiger partial charge in [0, 0.05) is 37.9 Å². The number of hydrogen-bond acceptors (Lipinski definition) is 3. The number of ether oxygens (including phenoxy) is 1. The van der Waals surface area contributed by atoms with E-state index in [1.165, 1.54) is 87.0 Å². The monoisotopic (exact) mass is 869 g/mol. The van der Waals surface area contributed by atoms with Gasteiger partial charge >= 0.3 is 0 Å². The minimum Gasteiger partial charge on any atom is -0.457 e. The van der Waals surface area contributed by atoms with Crippen LogP contribution in [-0.2, 0) is 10.8 Å². The lowest BCUT2D eigenvalue weighted by atomic mass is 9.66. The van der Waals surface area contributed by atoms with Gasteiger partial charge in [-0.3, -0.25) is 0 Å². The van der Waals surface area contributed by atoms with Crippen LogP contribution < -0.4 is 9.64 Å². The molecule has 3 heteroatoms. The molecular formula is C64H39NOS. The number of nitrogens with zero attached hydrogens (tertiary/aromatic N) is 1. The Morgan fingerprint density at radius 3 is 1.58 bits per heavy atom. The lowest BCUT2D eigenvalue weighted by Gasteiger charge is -2.40. The Balaban J connectivity index is 1.03. The van der Waals surface area contributed by atoms with Gasteiger partial charge in [0.05, 0.1) is 16.5 Å². The zero-order valence-electron chi connectivity index (χ0n) is 36.3. The van der Waals surface area contributed by atoms with Crippen LogP contribution in [0.25, 0.3) is 43.8 Å². The summed E-state index contributed by atoms with van der Waals surface area (Å²) in [5, 5.41) is 4.96. The van der Waals surface area contributed by atoms with Crippen LogP contribution in [0.4, 0.5) is 17.1 Å². The summed E-state index contributed by atoms with van der Waals surface area (Å²) in [6, 6.07) is 88.2. The van der Waals surface area contributed by atoms with Crippen LogP contribution in [0.5, 0.6) is 11.5 Å². The quantitative estimate of drug-likeness (QED) is 0.164. The van der Waals surface area contributed by atoms with E-state index in [0.717, 1.165) is 39.7 Å². The zero-order chi connectivity index (χ0) is 43.8. The average Bonchev–Trinajstić information content (AvgIpc) is 3.85. The third-order valence-corrected chi connectivity index (χ3v) is 16.3. The summed E-state index contributed by atoms with van der Waals surface area (Å²) in [5.41, 5.74) is 17.5. The first kappa shape index (κ1) is 37.1. The van der Waals surface area contributed by atoms with Gasteiger partial charge in [-0.05, 0) is 126 Å². The Hall–Kier alpha value is -8.11. The fourth-order valence-corrected chi connectivity index (χ4v) is 13.8. The summed E-state index contributed by atoms with van der Waals surface area (Å²) in [5.74, 6) is 1.78. The molecule has 0 aromatic heterocycles. The summed E-state index contributed by atoms with van der Waals surface area (Å²) in [6.07, 6.45) is 0. The van der Waals surface area contributed by atoms with Crippen molar-refractivity contribution >= 4 is 50.4 Å². The fraction of sp³-hybridized carbons (Fsp3) is 0.0312. The number of benzene rings is 11. The molecule has 11 aromatic rings. The first-order chi connectivity index (χ1) is 33.2. The minimum atomic E-state index is -0.593. The highest BCUT2D eigenvalue weighted by molar-refractivity contribution is 7.99. The van der Waals surface area contributed by atoms with E-state index >= 15 is 0 Å². The van der Waals surface area contributed by atoms with E-state index in [1.807, 2.05) is 11.8 Å². The van der Waals surface area contributed by atoms with Crippen molar-refractivity contribution in [2.45, 2.75) is 20.6 Å². The highest BCUT2D eigenvalue weighted by Crippen LogP contribution is 2.66. The second kappa shape index (κ2) is 13.7. The molecule has 0 atom stereocenters. The third-order valence-electron chi connectivity index (χ3n) is 15.2. The van der Waals surface area contributed by atoms with E-state index in [1.54, 1.807) is 0 Å². The molecule has 0 bridgehead atoms. The Morgan fingerprint density at radius 2 is 0.836 bits per heavy atom. The molecule has 2 heterocycles. The summed E-state index contributed by atoms with van der Waals surface area (Å²) >= 11 is 1.89. The smallest absolute Gasteiger partial charge is 0.132 e. The van der Waals surface area contributed by atoms with Crippen LogP contribution in [0, 0.1) is 0 Å². The van der Waals surface area contributed by atoms with Crippen molar-refractivity contribution in [2.24, 2.45) is 0 Å². The van der Waals surface area contributed by atoms with Crippen LogP contribution in [-0.4, -0.2) is 0 Å². The molecule has 0 saturated heterocycles. The van der Waals surface area contributed by atoms with Gasteiger partial charge in [0.2, 0.25) is 0 Å². The molecular weight excluding hydrogens is 831 g/mol. The van der Waals surface area contributed by atoms with Crippen molar-refractivity contribution in [3.05, 3.63) is 281 Å². The number of para-hydroxylation sites is 2. The second-order valence-electron chi connectivity index (χ2n) is 18.2. The normalized spacial score (nSPS) is 14.6. The highest BCUT2D eigenvalue weighted by atomic mass is 32.2. The molecule has 2 nitrogen and oxygen atoms in total. The van der Waals surface area contributed by atoms with E-state index in [0.29, 0.717) is 0 Å². The maximum Gasteiger partial charge on any atom is 0.132 e. The van der Waals surface area contributed by atoms with Crippen molar-refractivity contribution in [1.29, 1.82) is 0 Å². The number of fused-ring (bicyclic) bond motifs is 21. The van der Waals surface area contributed by atoms with Gasteiger partial charge in [0.25, 0.3) is 0 Å².